The molecule has 16 heavy (non-hydrogen) atoms. The number of benzene rings is 1. The van der Waals surface area contributed by atoms with Gasteiger partial charge in [-0.25, -0.2) is 4.79 Å². The highest BCUT2D eigenvalue weighted by molar-refractivity contribution is 9.10. The molecule has 1 aromatic rings. The number of carbonyl (C=O) groups is 2. The van der Waals surface area contributed by atoms with Gasteiger partial charge in [-0.15, -0.1) is 0 Å². The van der Waals surface area contributed by atoms with Crippen molar-refractivity contribution in [2.75, 3.05) is 6.61 Å². The third-order valence-electron chi connectivity index (χ3n) is 1.69. The molecule has 0 fully saturated rings. The Kier molecular flexibility index (Phi) is 4.49. The molecule has 0 aliphatic heterocycles. The first-order valence-electron chi connectivity index (χ1n) is 4.69. The summed E-state index contributed by atoms with van der Waals surface area (Å²) in [6.45, 7) is 3.25. The van der Waals surface area contributed by atoms with E-state index in [4.69, 9.17) is 9.47 Å². The number of hydrogen-bond donors (Lipinski definition) is 0. The molecule has 0 bridgehead atoms. The van der Waals surface area contributed by atoms with Crippen molar-refractivity contribution >= 4 is 27.9 Å². The Labute approximate surface area is 102 Å². The Hall–Kier alpha value is -1.36. The van der Waals surface area contributed by atoms with Crippen LogP contribution in [0.2, 0.25) is 0 Å². The van der Waals surface area contributed by atoms with Crippen LogP contribution in [0.5, 0.6) is 5.75 Å². The molecule has 0 N–H and O–H groups in total. The van der Waals surface area contributed by atoms with Crippen molar-refractivity contribution in [3.05, 3.63) is 28.2 Å². The van der Waals surface area contributed by atoms with Crippen molar-refractivity contribution in [2.24, 2.45) is 0 Å². The van der Waals surface area contributed by atoms with Gasteiger partial charge in [0.2, 0.25) is 0 Å². The predicted molar refractivity (Wildman–Crippen MR) is 61.4 cm³/mol. The molecule has 0 radical (unpaired) electrons. The summed E-state index contributed by atoms with van der Waals surface area (Å²) in [5.74, 6) is -0.790. The molecule has 0 heterocycles. The molecule has 0 aliphatic rings. The summed E-state index contributed by atoms with van der Waals surface area (Å²) in [6, 6.07) is 4.77. The largest absolute Gasteiger partial charge is 0.462 e. The van der Waals surface area contributed by atoms with Crippen LogP contribution in [-0.2, 0) is 9.53 Å². The maximum absolute atomic E-state index is 11.6. The lowest BCUT2D eigenvalue weighted by Gasteiger charge is -2.08. The van der Waals surface area contributed by atoms with E-state index in [1.807, 2.05) is 0 Å². The highest BCUT2D eigenvalue weighted by atomic mass is 79.9. The van der Waals surface area contributed by atoms with Gasteiger partial charge < -0.3 is 9.47 Å². The Morgan fingerprint density at radius 2 is 2.06 bits per heavy atom. The topological polar surface area (TPSA) is 52.6 Å². The summed E-state index contributed by atoms with van der Waals surface area (Å²) >= 11 is 3.23. The van der Waals surface area contributed by atoms with E-state index in [2.05, 4.69) is 15.9 Å². The third kappa shape index (κ3) is 3.34. The van der Waals surface area contributed by atoms with E-state index in [1.54, 1.807) is 19.1 Å². The van der Waals surface area contributed by atoms with E-state index >= 15 is 0 Å². The molecule has 0 unspecified atom stereocenters. The Bertz CT molecular complexity index is 414. The number of halogens is 1. The Morgan fingerprint density at radius 1 is 1.38 bits per heavy atom. The fourth-order valence-corrected chi connectivity index (χ4v) is 1.48. The minimum absolute atomic E-state index is 0.203. The Morgan fingerprint density at radius 3 is 2.62 bits per heavy atom. The number of carbonyl (C=O) groups excluding carboxylic acids is 2. The van der Waals surface area contributed by atoms with Crippen LogP contribution in [0.15, 0.2) is 22.7 Å². The number of rotatable bonds is 3. The molecule has 0 saturated carbocycles. The van der Waals surface area contributed by atoms with E-state index in [9.17, 15) is 9.59 Å². The highest BCUT2D eigenvalue weighted by Gasteiger charge is 2.15. The van der Waals surface area contributed by atoms with Gasteiger partial charge in [0.25, 0.3) is 0 Å². The molecule has 86 valence electrons. The maximum atomic E-state index is 11.6. The second kappa shape index (κ2) is 5.65. The number of ether oxygens (including phenoxy) is 2. The van der Waals surface area contributed by atoms with E-state index in [1.165, 1.54) is 13.0 Å². The van der Waals surface area contributed by atoms with Gasteiger partial charge in [0.05, 0.1) is 6.61 Å². The van der Waals surface area contributed by atoms with Crippen molar-refractivity contribution in [3.63, 3.8) is 0 Å². The number of esters is 2. The minimum atomic E-state index is -0.514. The molecule has 0 amide bonds. The summed E-state index contributed by atoms with van der Waals surface area (Å²) < 4.78 is 10.5. The van der Waals surface area contributed by atoms with Crippen molar-refractivity contribution in [1.29, 1.82) is 0 Å². The zero-order valence-corrected chi connectivity index (χ0v) is 10.5. The molecule has 0 aromatic heterocycles. The number of hydrogen-bond acceptors (Lipinski definition) is 4. The van der Waals surface area contributed by atoms with Gasteiger partial charge >= 0.3 is 11.9 Å². The summed E-state index contributed by atoms with van der Waals surface area (Å²) in [6.07, 6.45) is 0. The molecule has 0 spiro atoms. The van der Waals surface area contributed by atoms with Crippen molar-refractivity contribution in [3.8, 4) is 5.75 Å². The van der Waals surface area contributed by atoms with Gasteiger partial charge in [-0.3, -0.25) is 4.79 Å². The molecule has 0 atom stereocenters. The minimum Gasteiger partial charge on any atom is -0.462 e. The van der Waals surface area contributed by atoms with Crippen molar-refractivity contribution in [2.45, 2.75) is 13.8 Å². The van der Waals surface area contributed by atoms with Crippen molar-refractivity contribution < 1.29 is 19.1 Å². The predicted octanol–water partition coefficient (Wildman–Crippen LogP) is 2.55. The molecule has 5 heteroatoms. The van der Waals surface area contributed by atoms with Crippen LogP contribution in [0.1, 0.15) is 24.2 Å². The summed E-state index contributed by atoms with van der Waals surface area (Å²) in [5.41, 5.74) is 0.228. The molecule has 4 nitrogen and oxygen atoms in total. The van der Waals surface area contributed by atoms with Crippen LogP contribution in [0.3, 0.4) is 0 Å². The highest BCUT2D eigenvalue weighted by Crippen LogP contribution is 2.24. The second-order valence-corrected chi connectivity index (χ2v) is 3.87. The van der Waals surface area contributed by atoms with Gasteiger partial charge in [-0.2, -0.15) is 0 Å². The first-order valence-corrected chi connectivity index (χ1v) is 5.49. The quantitative estimate of drug-likeness (QED) is 0.633. The molecular weight excluding hydrogens is 276 g/mol. The SMILES string of the molecule is CCOC(=O)c1cc(Br)ccc1OC(C)=O. The first-order chi connectivity index (χ1) is 7.54. The maximum Gasteiger partial charge on any atom is 0.341 e. The van der Waals surface area contributed by atoms with Gasteiger partial charge in [0.1, 0.15) is 11.3 Å². The fraction of sp³-hybridized carbons (Fsp3) is 0.273. The average Bonchev–Trinajstić information content (AvgIpc) is 2.20. The lowest BCUT2D eigenvalue weighted by atomic mass is 10.2. The smallest absolute Gasteiger partial charge is 0.341 e. The van der Waals surface area contributed by atoms with E-state index < -0.39 is 11.9 Å². The zero-order chi connectivity index (χ0) is 12.1. The Balaban J connectivity index is 3.07. The van der Waals surface area contributed by atoms with Gasteiger partial charge in [-0.05, 0) is 25.1 Å². The van der Waals surface area contributed by atoms with E-state index in [0.717, 1.165) is 0 Å². The van der Waals surface area contributed by atoms with Crippen LogP contribution in [0.4, 0.5) is 0 Å². The molecule has 0 aliphatic carbocycles. The summed E-state index contributed by atoms with van der Waals surface area (Å²) in [5, 5.41) is 0. The van der Waals surface area contributed by atoms with Crippen LogP contribution in [0.25, 0.3) is 0 Å². The van der Waals surface area contributed by atoms with E-state index in [0.29, 0.717) is 4.47 Å². The molecule has 0 saturated heterocycles. The second-order valence-electron chi connectivity index (χ2n) is 2.95. The van der Waals surface area contributed by atoms with Crippen LogP contribution in [-0.4, -0.2) is 18.5 Å². The monoisotopic (exact) mass is 286 g/mol. The van der Waals surface area contributed by atoms with Crippen LogP contribution < -0.4 is 4.74 Å². The fourth-order valence-electron chi connectivity index (χ4n) is 1.11. The summed E-state index contributed by atoms with van der Waals surface area (Å²) in [7, 11) is 0. The first kappa shape index (κ1) is 12.7. The normalized spacial score (nSPS) is 9.69. The third-order valence-corrected chi connectivity index (χ3v) is 2.18. The van der Waals surface area contributed by atoms with Gasteiger partial charge in [0, 0.05) is 11.4 Å². The molecule has 1 rings (SSSR count). The van der Waals surface area contributed by atoms with Crippen molar-refractivity contribution in [1.82, 2.24) is 0 Å². The van der Waals surface area contributed by atoms with Crippen LogP contribution in [0, 0.1) is 0 Å². The molecule has 1 aromatic carbocycles. The molecular formula is C11H11BrO4. The van der Waals surface area contributed by atoms with Gasteiger partial charge in [0.15, 0.2) is 0 Å². The summed E-state index contributed by atoms with van der Waals surface area (Å²) in [4.78, 5) is 22.4. The van der Waals surface area contributed by atoms with E-state index in [-0.39, 0.29) is 17.9 Å². The van der Waals surface area contributed by atoms with Crippen LogP contribution >= 0.6 is 15.9 Å². The standard InChI is InChI=1S/C11H11BrO4/c1-3-15-11(14)9-6-8(12)4-5-10(9)16-7(2)13/h4-6H,3H2,1-2H3. The lowest BCUT2D eigenvalue weighted by molar-refractivity contribution is -0.131. The zero-order valence-electron chi connectivity index (χ0n) is 8.95. The lowest BCUT2D eigenvalue weighted by Crippen LogP contribution is -2.10. The average molecular weight is 287 g/mol. The van der Waals surface area contributed by atoms with Gasteiger partial charge in [-0.1, -0.05) is 15.9 Å².